The van der Waals surface area contributed by atoms with E-state index in [2.05, 4.69) is 39.8 Å². The summed E-state index contributed by atoms with van der Waals surface area (Å²) >= 11 is 0. The molecule has 2 N–H and O–H groups in total. The Balaban J connectivity index is 2.62. The smallest absolute Gasteiger partial charge is 0.127 e. The largest absolute Gasteiger partial charge is 0.493 e. The van der Waals surface area contributed by atoms with E-state index in [4.69, 9.17) is 10.5 Å². The van der Waals surface area contributed by atoms with Crippen LogP contribution in [0.1, 0.15) is 56.8 Å². The third-order valence-corrected chi connectivity index (χ3v) is 3.47. The van der Waals surface area contributed by atoms with Crippen molar-refractivity contribution in [1.29, 1.82) is 0 Å². The first-order valence-electron chi connectivity index (χ1n) is 6.49. The Hall–Kier alpha value is -1.02. The third-order valence-electron chi connectivity index (χ3n) is 3.47. The van der Waals surface area contributed by atoms with E-state index < -0.39 is 0 Å². The van der Waals surface area contributed by atoms with Crippen LogP contribution < -0.4 is 10.5 Å². The minimum Gasteiger partial charge on any atom is -0.493 e. The molecule has 1 aromatic rings. The SMILES string of the molecule is CCc1cc2c(c(C(C)(C)C)c1)OCC[C@@H]2N. The van der Waals surface area contributed by atoms with E-state index in [-0.39, 0.29) is 11.5 Å². The van der Waals surface area contributed by atoms with Crippen molar-refractivity contribution in [2.24, 2.45) is 5.73 Å². The molecule has 0 spiro atoms. The summed E-state index contributed by atoms with van der Waals surface area (Å²) in [6.07, 6.45) is 1.97. The summed E-state index contributed by atoms with van der Waals surface area (Å²) in [5.41, 5.74) is 10.2. The number of benzene rings is 1. The van der Waals surface area contributed by atoms with Crippen molar-refractivity contribution in [2.45, 2.75) is 52.0 Å². The standard InChI is InChI=1S/C15H23NO/c1-5-10-8-11-13(16)6-7-17-14(11)12(9-10)15(2,3)4/h8-9,13H,5-7,16H2,1-4H3/t13-/m0/s1. The fourth-order valence-electron chi connectivity index (χ4n) is 2.35. The van der Waals surface area contributed by atoms with Crippen molar-refractivity contribution in [1.82, 2.24) is 0 Å². The molecule has 0 fully saturated rings. The number of hydrogen-bond acceptors (Lipinski definition) is 2. The predicted octanol–water partition coefficient (Wildman–Crippen LogP) is 3.33. The normalized spacial score (nSPS) is 19.7. The van der Waals surface area contributed by atoms with Crippen LogP contribution in [0.5, 0.6) is 5.75 Å². The van der Waals surface area contributed by atoms with E-state index >= 15 is 0 Å². The van der Waals surface area contributed by atoms with Gasteiger partial charge in [-0.05, 0) is 17.4 Å². The molecule has 0 amide bonds. The second-order valence-corrected chi connectivity index (χ2v) is 5.91. The van der Waals surface area contributed by atoms with Gasteiger partial charge in [0.2, 0.25) is 0 Å². The summed E-state index contributed by atoms with van der Waals surface area (Å²) in [4.78, 5) is 0. The third kappa shape index (κ3) is 2.32. The molecular formula is C15H23NO. The average molecular weight is 233 g/mol. The van der Waals surface area contributed by atoms with E-state index in [1.54, 1.807) is 0 Å². The second kappa shape index (κ2) is 4.34. The molecule has 1 atom stereocenters. The highest BCUT2D eigenvalue weighted by Gasteiger charge is 2.27. The highest BCUT2D eigenvalue weighted by molar-refractivity contribution is 5.50. The lowest BCUT2D eigenvalue weighted by Gasteiger charge is -2.31. The maximum atomic E-state index is 6.20. The van der Waals surface area contributed by atoms with Crippen molar-refractivity contribution < 1.29 is 4.74 Å². The summed E-state index contributed by atoms with van der Waals surface area (Å²) < 4.78 is 5.87. The topological polar surface area (TPSA) is 35.2 Å². The Morgan fingerprint density at radius 3 is 2.65 bits per heavy atom. The summed E-state index contributed by atoms with van der Waals surface area (Å²) in [6, 6.07) is 4.62. The Morgan fingerprint density at radius 2 is 2.06 bits per heavy atom. The molecule has 1 aromatic carbocycles. The van der Waals surface area contributed by atoms with Crippen LogP contribution in [-0.4, -0.2) is 6.61 Å². The number of hydrogen-bond donors (Lipinski definition) is 1. The molecule has 0 aromatic heterocycles. The second-order valence-electron chi connectivity index (χ2n) is 5.91. The zero-order chi connectivity index (χ0) is 12.6. The van der Waals surface area contributed by atoms with E-state index in [1.807, 2.05) is 0 Å². The average Bonchev–Trinajstić information content (AvgIpc) is 2.27. The first-order chi connectivity index (χ1) is 7.93. The molecule has 94 valence electrons. The Kier molecular flexibility index (Phi) is 3.17. The lowest BCUT2D eigenvalue weighted by molar-refractivity contribution is 0.261. The van der Waals surface area contributed by atoms with Crippen molar-refractivity contribution in [3.8, 4) is 5.75 Å². The molecule has 17 heavy (non-hydrogen) atoms. The van der Waals surface area contributed by atoms with Gasteiger partial charge in [0, 0.05) is 23.6 Å². The van der Waals surface area contributed by atoms with Gasteiger partial charge in [0.1, 0.15) is 5.75 Å². The van der Waals surface area contributed by atoms with Gasteiger partial charge >= 0.3 is 0 Å². The molecular weight excluding hydrogens is 210 g/mol. The summed E-state index contributed by atoms with van der Waals surface area (Å²) in [5, 5.41) is 0. The van der Waals surface area contributed by atoms with Crippen LogP contribution in [0.25, 0.3) is 0 Å². The van der Waals surface area contributed by atoms with Gasteiger partial charge in [-0.2, -0.15) is 0 Å². The van der Waals surface area contributed by atoms with Gasteiger partial charge in [0.15, 0.2) is 0 Å². The van der Waals surface area contributed by atoms with Gasteiger partial charge in [0.05, 0.1) is 6.61 Å². The maximum Gasteiger partial charge on any atom is 0.127 e. The summed E-state index contributed by atoms with van der Waals surface area (Å²) in [5.74, 6) is 1.04. The number of rotatable bonds is 1. The van der Waals surface area contributed by atoms with Crippen LogP contribution in [0.15, 0.2) is 12.1 Å². The van der Waals surface area contributed by atoms with Gasteiger partial charge < -0.3 is 10.5 Å². The molecule has 0 radical (unpaired) electrons. The van der Waals surface area contributed by atoms with Crippen LogP contribution in [0.2, 0.25) is 0 Å². The van der Waals surface area contributed by atoms with Gasteiger partial charge in [-0.15, -0.1) is 0 Å². The van der Waals surface area contributed by atoms with E-state index in [0.717, 1.165) is 25.2 Å². The fourth-order valence-corrected chi connectivity index (χ4v) is 2.35. The quantitative estimate of drug-likeness (QED) is 0.807. The molecule has 1 aliphatic heterocycles. The zero-order valence-electron chi connectivity index (χ0n) is 11.3. The van der Waals surface area contributed by atoms with Crippen LogP contribution in [-0.2, 0) is 11.8 Å². The number of aryl methyl sites for hydroxylation is 1. The van der Waals surface area contributed by atoms with Gasteiger partial charge in [-0.25, -0.2) is 0 Å². The molecule has 2 heteroatoms. The van der Waals surface area contributed by atoms with Crippen LogP contribution in [0.4, 0.5) is 0 Å². The lowest BCUT2D eigenvalue weighted by Crippen LogP contribution is -2.24. The van der Waals surface area contributed by atoms with Crippen LogP contribution >= 0.6 is 0 Å². The van der Waals surface area contributed by atoms with Gasteiger partial charge in [0.25, 0.3) is 0 Å². The van der Waals surface area contributed by atoms with Gasteiger partial charge in [-0.1, -0.05) is 39.8 Å². The highest BCUT2D eigenvalue weighted by atomic mass is 16.5. The molecule has 1 heterocycles. The molecule has 2 rings (SSSR count). The minimum atomic E-state index is 0.103. The van der Waals surface area contributed by atoms with Gasteiger partial charge in [-0.3, -0.25) is 0 Å². The van der Waals surface area contributed by atoms with Crippen LogP contribution in [0, 0.1) is 0 Å². The molecule has 0 aliphatic carbocycles. The molecule has 2 nitrogen and oxygen atoms in total. The Labute approximate surface area is 104 Å². The number of ether oxygens (including phenoxy) is 1. The highest BCUT2D eigenvalue weighted by Crippen LogP contribution is 2.40. The zero-order valence-corrected chi connectivity index (χ0v) is 11.3. The molecule has 0 saturated carbocycles. The summed E-state index contributed by atoms with van der Waals surface area (Å²) in [7, 11) is 0. The van der Waals surface area contributed by atoms with Crippen molar-refractivity contribution in [3.63, 3.8) is 0 Å². The number of nitrogens with two attached hydrogens (primary N) is 1. The molecule has 0 unspecified atom stereocenters. The van der Waals surface area contributed by atoms with Crippen molar-refractivity contribution >= 4 is 0 Å². The lowest BCUT2D eigenvalue weighted by atomic mass is 9.82. The maximum absolute atomic E-state index is 6.20. The predicted molar refractivity (Wildman–Crippen MR) is 71.6 cm³/mol. The van der Waals surface area contributed by atoms with Crippen molar-refractivity contribution in [2.75, 3.05) is 6.61 Å². The monoisotopic (exact) mass is 233 g/mol. The van der Waals surface area contributed by atoms with E-state index in [9.17, 15) is 0 Å². The summed E-state index contributed by atoms with van der Waals surface area (Å²) in [6.45, 7) is 9.61. The van der Waals surface area contributed by atoms with Crippen molar-refractivity contribution in [3.05, 3.63) is 28.8 Å². The van der Waals surface area contributed by atoms with Crippen LogP contribution in [0.3, 0.4) is 0 Å². The van der Waals surface area contributed by atoms with E-state index in [0.29, 0.717) is 0 Å². The Morgan fingerprint density at radius 1 is 1.35 bits per heavy atom. The Bertz CT molecular complexity index is 418. The number of fused-ring (bicyclic) bond motifs is 1. The molecule has 0 bridgehead atoms. The van der Waals surface area contributed by atoms with E-state index in [1.165, 1.54) is 16.7 Å². The fraction of sp³-hybridized carbons (Fsp3) is 0.600. The molecule has 0 saturated heterocycles. The first kappa shape index (κ1) is 12.4. The first-order valence-corrected chi connectivity index (χ1v) is 6.49. The minimum absolute atomic E-state index is 0.103. The molecule has 1 aliphatic rings.